The van der Waals surface area contributed by atoms with Gasteiger partial charge >= 0.3 is 0 Å². The van der Waals surface area contributed by atoms with Crippen LogP contribution in [-0.2, 0) is 4.79 Å². The van der Waals surface area contributed by atoms with E-state index in [4.69, 9.17) is 5.73 Å². The summed E-state index contributed by atoms with van der Waals surface area (Å²) in [5.41, 5.74) is 5.99. The molecule has 4 N–H and O–H groups in total. The minimum absolute atomic E-state index is 0.0508. The van der Waals surface area contributed by atoms with E-state index in [0.717, 1.165) is 12.8 Å². The molecule has 1 fully saturated rings. The lowest BCUT2D eigenvalue weighted by atomic mass is 10.0. The van der Waals surface area contributed by atoms with E-state index in [1.807, 2.05) is 0 Å². The molecule has 1 rings (SSSR count). The summed E-state index contributed by atoms with van der Waals surface area (Å²) in [6.45, 7) is 0.378. The number of hydrogen-bond donors (Lipinski definition) is 3. The molecular weight excluding hydrogens is 178 g/mol. The second kappa shape index (κ2) is 5.98. The van der Waals surface area contributed by atoms with Gasteiger partial charge in [0, 0.05) is 12.1 Å². The summed E-state index contributed by atoms with van der Waals surface area (Å²) in [4.78, 5) is 11.3. The van der Waals surface area contributed by atoms with E-state index in [1.165, 1.54) is 19.3 Å². The molecule has 4 heteroatoms. The zero-order chi connectivity index (χ0) is 10.4. The van der Waals surface area contributed by atoms with Gasteiger partial charge in [-0.25, -0.2) is 0 Å². The van der Waals surface area contributed by atoms with Gasteiger partial charge < -0.3 is 16.4 Å². The van der Waals surface area contributed by atoms with Crippen LogP contribution in [0.4, 0.5) is 0 Å². The lowest BCUT2D eigenvalue weighted by Gasteiger charge is -2.22. The minimum atomic E-state index is 0.0508. The van der Waals surface area contributed by atoms with E-state index < -0.39 is 0 Å². The molecule has 1 aliphatic rings. The monoisotopic (exact) mass is 199 g/mol. The number of rotatable bonds is 3. The third-order valence-electron chi connectivity index (χ3n) is 2.75. The van der Waals surface area contributed by atoms with Gasteiger partial charge in [-0.15, -0.1) is 0 Å². The molecule has 14 heavy (non-hydrogen) atoms. The van der Waals surface area contributed by atoms with E-state index in [-0.39, 0.29) is 18.0 Å². The third kappa shape index (κ3) is 3.64. The Bertz CT molecular complexity index is 184. The van der Waals surface area contributed by atoms with E-state index in [9.17, 15) is 4.79 Å². The Morgan fingerprint density at radius 2 is 2.07 bits per heavy atom. The van der Waals surface area contributed by atoms with Gasteiger partial charge in [-0.2, -0.15) is 0 Å². The Kier molecular flexibility index (Phi) is 4.90. The van der Waals surface area contributed by atoms with Crippen molar-refractivity contribution >= 4 is 5.91 Å². The molecule has 0 unspecified atom stereocenters. The Morgan fingerprint density at radius 3 is 2.79 bits per heavy atom. The fourth-order valence-corrected chi connectivity index (χ4v) is 1.93. The van der Waals surface area contributed by atoms with E-state index in [2.05, 4.69) is 10.6 Å². The summed E-state index contributed by atoms with van der Waals surface area (Å²) in [6.07, 6.45) is 5.67. The molecule has 82 valence electrons. The van der Waals surface area contributed by atoms with Crippen molar-refractivity contribution in [3.63, 3.8) is 0 Å². The van der Waals surface area contributed by atoms with E-state index in [1.54, 1.807) is 7.05 Å². The van der Waals surface area contributed by atoms with Crippen molar-refractivity contribution in [3.8, 4) is 0 Å². The van der Waals surface area contributed by atoms with Crippen molar-refractivity contribution in [2.45, 2.75) is 44.2 Å². The number of likely N-dealkylation sites (N-methyl/N-ethyl adjacent to an activating group) is 1. The average molecular weight is 199 g/mol. The van der Waals surface area contributed by atoms with Gasteiger partial charge in [0.05, 0.1) is 6.54 Å². The van der Waals surface area contributed by atoms with Gasteiger partial charge in [0.15, 0.2) is 0 Å². The van der Waals surface area contributed by atoms with Gasteiger partial charge in [-0.1, -0.05) is 19.3 Å². The molecule has 4 nitrogen and oxygen atoms in total. The zero-order valence-electron chi connectivity index (χ0n) is 8.88. The largest absolute Gasteiger partial charge is 0.351 e. The van der Waals surface area contributed by atoms with Crippen molar-refractivity contribution < 1.29 is 4.79 Å². The fourth-order valence-electron chi connectivity index (χ4n) is 1.93. The number of nitrogens with two attached hydrogens (primary N) is 1. The predicted octanol–water partition coefficient (Wildman–Crippen LogP) is -0.0180. The molecule has 0 aliphatic heterocycles. The molecule has 0 radical (unpaired) electrons. The van der Waals surface area contributed by atoms with Crippen molar-refractivity contribution in [2.75, 3.05) is 13.6 Å². The summed E-state index contributed by atoms with van der Waals surface area (Å²) in [7, 11) is 1.77. The number of carbonyl (C=O) groups excluding carboxylic acids is 1. The highest BCUT2D eigenvalue weighted by atomic mass is 16.1. The summed E-state index contributed by atoms with van der Waals surface area (Å²) >= 11 is 0. The maximum Gasteiger partial charge on any atom is 0.234 e. The molecule has 1 aliphatic carbocycles. The SMILES string of the molecule is CNCC(=O)N[C@@H]1CCCCC[C@H]1N. The van der Waals surface area contributed by atoms with E-state index in [0.29, 0.717) is 6.54 Å². The molecule has 1 amide bonds. The lowest BCUT2D eigenvalue weighted by Crippen LogP contribution is -2.48. The van der Waals surface area contributed by atoms with Crippen LogP contribution >= 0.6 is 0 Å². The molecule has 2 atom stereocenters. The fraction of sp³-hybridized carbons (Fsp3) is 0.900. The van der Waals surface area contributed by atoms with Crippen LogP contribution in [0.15, 0.2) is 0 Å². The van der Waals surface area contributed by atoms with Crippen LogP contribution in [0.1, 0.15) is 32.1 Å². The first-order valence-corrected chi connectivity index (χ1v) is 5.43. The highest BCUT2D eigenvalue weighted by molar-refractivity contribution is 5.78. The lowest BCUT2D eigenvalue weighted by molar-refractivity contribution is -0.121. The Morgan fingerprint density at radius 1 is 1.36 bits per heavy atom. The normalized spacial score (nSPS) is 28.1. The smallest absolute Gasteiger partial charge is 0.234 e. The summed E-state index contributed by atoms with van der Waals surface area (Å²) in [6, 6.07) is 0.316. The van der Waals surface area contributed by atoms with Crippen LogP contribution in [0.25, 0.3) is 0 Å². The summed E-state index contributed by atoms with van der Waals surface area (Å²) in [5.74, 6) is 0.0508. The van der Waals surface area contributed by atoms with Crippen molar-refractivity contribution in [2.24, 2.45) is 5.73 Å². The molecule has 0 aromatic heterocycles. The molecular formula is C10H21N3O. The van der Waals surface area contributed by atoms with Crippen molar-refractivity contribution in [1.29, 1.82) is 0 Å². The number of hydrogen-bond acceptors (Lipinski definition) is 3. The highest BCUT2D eigenvalue weighted by Gasteiger charge is 2.21. The van der Waals surface area contributed by atoms with Gasteiger partial charge in [-0.05, 0) is 19.9 Å². The van der Waals surface area contributed by atoms with Gasteiger partial charge in [0.1, 0.15) is 0 Å². The molecule has 1 saturated carbocycles. The first-order chi connectivity index (χ1) is 6.74. The van der Waals surface area contributed by atoms with Gasteiger partial charge in [-0.3, -0.25) is 4.79 Å². The van der Waals surface area contributed by atoms with Crippen LogP contribution in [0.5, 0.6) is 0 Å². The molecule has 0 saturated heterocycles. The molecule has 0 bridgehead atoms. The highest BCUT2D eigenvalue weighted by Crippen LogP contribution is 2.16. The third-order valence-corrected chi connectivity index (χ3v) is 2.75. The zero-order valence-corrected chi connectivity index (χ0v) is 8.88. The second-order valence-electron chi connectivity index (χ2n) is 4.01. The maximum atomic E-state index is 11.3. The number of nitrogens with one attached hydrogen (secondary N) is 2. The Hall–Kier alpha value is -0.610. The molecule has 0 aromatic rings. The van der Waals surface area contributed by atoms with E-state index >= 15 is 0 Å². The molecule has 0 aromatic carbocycles. The first kappa shape index (κ1) is 11.5. The van der Waals surface area contributed by atoms with Gasteiger partial charge in [0.25, 0.3) is 0 Å². The van der Waals surface area contributed by atoms with Gasteiger partial charge in [0.2, 0.25) is 5.91 Å². The Labute approximate surface area is 85.6 Å². The Balaban J connectivity index is 2.36. The number of amides is 1. The first-order valence-electron chi connectivity index (χ1n) is 5.43. The van der Waals surface area contributed by atoms with Crippen LogP contribution in [0.2, 0.25) is 0 Å². The maximum absolute atomic E-state index is 11.3. The predicted molar refractivity (Wildman–Crippen MR) is 56.9 cm³/mol. The average Bonchev–Trinajstić information content (AvgIpc) is 2.33. The van der Waals surface area contributed by atoms with Crippen molar-refractivity contribution in [1.82, 2.24) is 10.6 Å². The standard InChI is InChI=1S/C10H21N3O/c1-12-7-10(14)13-9-6-4-2-3-5-8(9)11/h8-9,12H,2-7,11H2,1H3,(H,13,14)/t8-,9-/m1/s1. The second-order valence-corrected chi connectivity index (χ2v) is 4.01. The molecule has 0 spiro atoms. The van der Waals surface area contributed by atoms with Crippen LogP contribution in [0.3, 0.4) is 0 Å². The summed E-state index contributed by atoms with van der Waals surface area (Å²) in [5, 5.41) is 5.82. The summed E-state index contributed by atoms with van der Waals surface area (Å²) < 4.78 is 0. The number of carbonyl (C=O) groups is 1. The van der Waals surface area contributed by atoms with Crippen LogP contribution in [0, 0.1) is 0 Å². The quantitative estimate of drug-likeness (QED) is 0.560. The topological polar surface area (TPSA) is 67.2 Å². The minimum Gasteiger partial charge on any atom is -0.351 e. The van der Waals surface area contributed by atoms with Crippen molar-refractivity contribution in [3.05, 3.63) is 0 Å². The van der Waals surface area contributed by atoms with Crippen LogP contribution < -0.4 is 16.4 Å². The molecule has 0 heterocycles. The van der Waals surface area contributed by atoms with Crippen LogP contribution in [-0.4, -0.2) is 31.6 Å².